The van der Waals surface area contributed by atoms with Crippen molar-refractivity contribution in [2.24, 2.45) is 0 Å². The third kappa shape index (κ3) is 7.20. The van der Waals surface area contributed by atoms with Gasteiger partial charge >= 0.3 is 0 Å². The van der Waals surface area contributed by atoms with Crippen LogP contribution in [-0.4, -0.2) is 44.0 Å². The van der Waals surface area contributed by atoms with E-state index in [0.717, 1.165) is 0 Å². The van der Waals surface area contributed by atoms with E-state index >= 15 is 0 Å². The van der Waals surface area contributed by atoms with Crippen molar-refractivity contribution >= 4 is 40.7 Å². The first-order chi connectivity index (χ1) is 10.0. The third-order valence-electron chi connectivity index (χ3n) is 2.36. The zero-order valence-corrected chi connectivity index (χ0v) is 13.5. The summed E-state index contributed by atoms with van der Waals surface area (Å²) in [4.78, 5) is 11.5. The van der Waals surface area contributed by atoms with Crippen LogP contribution in [0.5, 0.6) is 5.75 Å². The molecule has 8 heteroatoms. The highest BCUT2D eigenvalue weighted by Crippen LogP contribution is 2.33. The minimum Gasteiger partial charge on any atom is -0.482 e. The molecule has 1 aromatic carbocycles. The van der Waals surface area contributed by atoms with Gasteiger partial charge in [0.15, 0.2) is 6.61 Å². The Morgan fingerprint density at radius 3 is 2.57 bits per heavy atom. The average Bonchev–Trinajstić information content (AvgIpc) is 2.45. The normalized spacial score (nSPS) is 10.5. The molecule has 0 fully saturated rings. The maximum atomic E-state index is 11.5. The van der Waals surface area contributed by atoms with Crippen molar-refractivity contribution in [3.63, 3.8) is 0 Å². The van der Waals surface area contributed by atoms with E-state index in [4.69, 9.17) is 49.4 Å². The van der Waals surface area contributed by atoms with E-state index in [1.54, 1.807) is 0 Å². The number of ether oxygens (including phenoxy) is 2. The molecule has 1 rings (SSSR count). The van der Waals surface area contributed by atoms with E-state index in [0.29, 0.717) is 42.0 Å². The van der Waals surface area contributed by atoms with Gasteiger partial charge in [-0.2, -0.15) is 0 Å². The van der Waals surface area contributed by atoms with Gasteiger partial charge in [-0.1, -0.05) is 34.8 Å². The van der Waals surface area contributed by atoms with Crippen LogP contribution < -0.4 is 10.1 Å². The molecule has 0 aliphatic rings. The summed E-state index contributed by atoms with van der Waals surface area (Å²) in [5, 5.41) is 12.1. The lowest BCUT2D eigenvalue weighted by Gasteiger charge is -2.10. The summed E-state index contributed by atoms with van der Waals surface area (Å²) >= 11 is 17.6. The Balaban J connectivity index is 2.25. The molecule has 5 nitrogen and oxygen atoms in total. The molecule has 0 radical (unpaired) electrons. The number of hydrogen-bond acceptors (Lipinski definition) is 4. The number of carbonyl (C=O) groups excluding carboxylic acids is 1. The molecule has 0 unspecified atom stereocenters. The topological polar surface area (TPSA) is 67.8 Å². The van der Waals surface area contributed by atoms with Crippen LogP contribution in [0.4, 0.5) is 0 Å². The number of nitrogens with one attached hydrogen (secondary N) is 1. The predicted octanol–water partition coefficient (Wildman–Crippen LogP) is 2.54. The Hall–Kier alpha value is -0.720. The van der Waals surface area contributed by atoms with Gasteiger partial charge in [0.05, 0.1) is 28.3 Å². The molecule has 118 valence electrons. The maximum absolute atomic E-state index is 11.5. The van der Waals surface area contributed by atoms with E-state index in [9.17, 15) is 4.79 Å². The van der Waals surface area contributed by atoms with E-state index in [2.05, 4.69) is 5.32 Å². The second kappa shape index (κ2) is 10.1. The molecule has 0 aliphatic carbocycles. The van der Waals surface area contributed by atoms with Gasteiger partial charge in [0.2, 0.25) is 0 Å². The summed E-state index contributed by atoms with van der Waals surface area (Å²) in [7, 11) is 0. The van der Waals surface area contributed by atoms with Crippen molar-refractivity contribution in [1.29, 1.82) is 0 Å². The highest BCUT2D eigenvalue weighted by Gasteiger charge is 2.09. The number of amides is 1. The number of aliphatic hydroxyl groups is 1. The van der Waals surface area contributed by atoms with Gasteiger partial charge in [-0.05, 0) is 12.5 Å². The SMILES string of the molecule is O=C(COc1cc(Cl)c(Cl)cc1Cl)NCCCOCCO. The number of halogens is 3. The molecular weight excluding hydrogens is 341 g/mol. The lowest BCUT2D eigenvalue weighted by atomic mass is 10.3. The van der Waals surface area contributed by atoms with Crippen LogP contribution in [0.3, 0.4) is 0 Å². The average molecular weight is 357 g/mol. The number of rotatable bonds is 9. The Morgan fingerprint density at radius 2 is 1.86 bits per heavy atom. The van der Waals surface area contributed by atoms with Crippen molar-refractivity contribution in [2.45, 2.75) is 6.42 Å². The monoisotopic (exact) mass is 355 g/mol. The van der Waals surface area contributed by atoms with Crippen molar-refractivity contribution in [3.8, 4) is 5.75 Å². The van der Waals surface area contributed by atoms with Gasteiger partial charge in [0, 0.05) is 19.2 Å². The second-order valence-electron chi connectivity index (χ2n) is 4.02. The van der Waals surface area contributed by atoms with Crippen molar-refractivity contribution in [1.82, 2.24) is 5.32 Å². The molecule has 0 heterocycles. The van der Waals surface area contributed by atoms with Gasteiger partial charge in [-0.15, -0.1) is 0 Å². The number of benzene rings is 1. The summed E-state index contributed by atoms with van der Waals surface area (Å²) in [6, 6.07) is 2.92. The first-order valence-electron chi connectivity index (χ1n) is 6.27. The van der Waals surface area contributed by atoms with Crippen LogP contribution in [0.2, 0.25) is 15.1 Å². The zero-order valence-electron chi connectivity index (χ0n) is 11.2. The van der Waals surface area contributed by atoms with Crippen LogP contribution in [0.1, 0.15) is 6.42 Å². The Morgan fingerprint density at radius 1 is 1.14 bits per heavy atom. The second-order valence-corrected chi connectivity index (χ2v) is 5.25. The van der Waals surface area contributed by atoms with Crippen LogP contribution in [0.15, 0.2) is 12.1 Å². The van der Waals surface area contributed by atoms with E-state index in [-0.39, 0.29) is 24.1 Å². The van der Waals surface area contributed by atoms with Crippen molar-refractivity contribution < 1.29 is 19.4 Å². The van der Waals surface area contributed by atoms with Crippen LogP contribution >= 0.6 is 34.8 Å². The van der Waals surface area contributed by atoms with Crippen LogP contribution in [0, 0.1) is 0 Å². The summed E-state index contributed by atoms with van der Waals surface area (Å²) in [5.41, 5.74) is 0. The van der Waals surface area contributed by atoms with Gasteiger partial charge < -0.3 is 19.9 Å². The fraction of sp³-hybridized carbons (Fsp3) is 0.462. The Labute approximate surface area is 138 Å². The molecule has 0 aromatic heterocycles. The predicted molar refractivity (Wildman–Crippen MR) is 82.5 cm³/mol. The standard InChI is InChI=1S/C13H16Cl3NO4/c14-9-6-11(16)12(7-10(9)15)21-8-13(19)17-2-1-4-20-5-3-18/h6-7,18H,1-5,8H2,(H,17,19). The molecular formula is C13H16Cl3NO4. The lowest BCUT2D eigenvalue weighted by molar-refractivity contribution is -0.123. The summed E-state index contributed by atoms with van der Waals surface area (Å²) in [6.45, 7) is 1.05. The minimum absolute atomic E-state index is 0.00932. The molecule has 2 N–H and O–H groups in total. The summed E-state index contributed by atoms with van der Waals surface area (Å²) < 4.78 is 10.3. The molecule has 0 saturated carbocycles. The molecule has 1 amide bonds. The van der Waals surface area contributed by atoms with Gasteiger partial charge in [0.25, 0.3) is 5.91 Å². The number of carbonyl (C=O) groups is 1. The largest absolute Gasteiger partial charge is 0.482 e. The summed E-state index contributed by atoms with van der Waals surface area (Å²) in [5.74, 6) is 0.0202. The first-order valence-corrected chi connectivity index (χ1v) is 7.40. The molecule has 0 atom stereocenters. The highest BCUT2D eigenvalue weighted by atomic mass is 35.5. The Kier molecular flexibility index (Phi) is 8.80. The number of hydrogen-bond donors (Lipinski definition) is 2. The minimum atomic E-state index is -0.278. The van der Waals surface area contributed by atoms with Crippen LogP contribution in [0.25, 0.3) is 0 Å². The van der Waals surface area contributed by atoms with Gasteiger partial charge in [0.1, 0.15) is 5.75 Å². The third-order valence-corrected chi connectivity index (χ3v) is 3.37. The molecule has 0 aliphatic heterocycles. The lowest BCUT2D eigenvalue weighted by Crippen LogP contribution is -2.30. The molecule has 0 spiro atoms. The van der Waals surface area contributed by atoms with E-state index < -0.39 is 0 Å². The molecule has 0 saturated heterocycles. The first kappa shape index (κ1) is 18.3. The maximum Gasteiger partial charge on any atom is 0.257 e. The van der Waals surface area contributed by atoms with Crippen molar-refractivity contribution in [2.75, 3.05) is 33.0 Å². The smallest absolute Gasteiger partial charge is 0.257 e. The van der Waals surface area contributed by atoms with Gasteiger partial charge in [-0.25, -0.2) is 0 Å². The molecule has 1 aromatic rings. The fourth-order valence-corrected chi connectivity index (χ4v) is 1.97. The van der Waals surface area contributed by atoms with Gasteiger partial charge in [-0.3, -0.25) is 4.79 Å². The van der Waals surface area contributed by atoms with Crippen molar-refractivity contribution in [3.05, 3.63) is 27.2 Å². The van der Waals surface area contributed by atoms with Crippen LogP contribution in [-0.2, 0) is 9.53 Å². The zero-order chi connectivity index (χ0) is 15.7. The Bertz CT molecular complexity index is 471. The van der Waals surface area contributed by atoms with E-state index in [1.165, 1.54) is 12.1 Å². The highest BCUT2D eigenvalue weighted by molar-refractivity contribution is 6.43. The molecule has 21 heavy (non-hydrogen) atoms. The fourth-order valence-electron chi connectivity index (χ4n) is 1.38. The molecule has 0 bridgehead atoms. The summed E-state index contributed by atoms with van der Waals surface area (Å²) in [6.07, 6.45) is 0.652. The quantitative estimate of drug-likeness (QED) is 0.527. The van der Waals surface area contributed by atoms with E-state index in [1.807, 2.05) is 0 Å². The number of aliphatic hydroxyl groups excluding tert-OH is 1.